The highest BCUT2D eigenvalue weighted by Crippen LogP contribution is 2.26. The maximum Gasteiger partial charge on any atom is 0.124 e. The molecule has 1 aromatic rings. The molecule has 1 aromatic carbocycles. The lowest BCUT2D eigenvalue weighted by molar-refractivity contribution is -0.0164. The van der Waals surface area contributed by atoms with E-state index in [2.05, 4.69) is 39.1 Å². The Hall–Kier alpha value is -1.06. The quantitative estimate of drug-likeness (QED) is 0.765. The van der Waals surface area contributed by atoms with Crippen LogP contribution < -0.4 is 10.1 Å². The monoisotopic (exact) mass is 265 g/mol. The molecular weight excluding hydrogens is 238 g/mol. The van der Waals surface area contributed by atoms with Crippen LogP contribution in [-0.4, -0.2) is 25.9 Å². The van der Waals surface area contributed by atoms with Gasteiger partial charge in [0.05, 0.1) is 12.2 Å². The van der Waals surface area contributed by atoms with Crippen molar-refractivity contribution in [2.45, 2.75) is 45.8 Å². The third-order valence-corrected chi connectivity index (χ3v) is 2.93. The second kappa shape index (κ2) is 7.51. The van der Waals surface area contributed by atoms with E-state index in [4.69, 9.17) is 9.47 Å². The molecule has 0 fully saturated rings. The molecular formula is C16H27NO2. The van der Waals surface area contributed by atoms with Gasteiger partial charge >= 0.3 is 0 Å². The first-order valence-corrected chi connectivity index (χ1v) is 7.01. The first kappa shape index (κ1) is 16.0. The average Bonchev–Trinajstić information content (AvgIpc) is 2.36. The Morgan fingerprint density at radius 2 is 1.84 bits per heavy atom. The van der Waals surface area contributed by atoms with Gasteiger partial charge in [-0.15, -0.1) is 0 Å². The van der Waals surface area contributed by atoms with Crippen molar-refractivity contribution in [3.63, 3.8) is 0 Å². The fraction of sp³-hybridized carbons (Fsp3) is 0.625. The maximum atomic E-state index is 5.85. The van der Waals surface area contributed by atoms with Crippen molar-refractivity contribution in [2.75, 3.05) is 20.3 Å². The van der Waals surface area contributed by atoms with Gasteiger partial charge in [0.2, 0.25) is 0 Å². The molecule has 0 saturated carbocycles. The first-order chi connectivity index (χ1) is 8.98. The minimum absolute atomic E-state index is 0.111. The van der Waals surface area contributed by atoms with E-state index in [0.29, 0.717) is 19.3 Å². The van der Waals surface area contributed by atoms with E-state index in [1.54, 1.807) is 0 Å². The Morgan fingerprint density at radius 3 is 2.42 bits per heavy atom. The van der Waals surface area contributed by atoms with Crippen molar-refractivity contribution >= 4 is 0 Å². The molecule has 1 unspecified atom stereocenters. The van der Waals surface area contributed by atoms with Gasteiger partial charge in [0, 0.05) is 11.6 Å². The molecule has 0 aromatic heterocycles. The summed E-state index contributed by atoms with van der Waals surface area (Å²) in [5.74, 6) is 0.946. The molecule has 0 heterocycles. The lowest BCUT2D eigenvalue weighted by atomic mass is 10.0. The number of rotatable bonds is 7. The topological polar surface area (TPSA) is 30.5 Å². The molecule has 0 bridgehead atoms. The van der Waals surface area contributed by atoms with Crippen molar-refractivity contribution in [2.24, 2.45) is 0 Å². The molecule has 19 heavy (non-hydrogen) atoms. The highest BCUT2D eigenvalue weighted by atomic mass is 16.5. The van der Waals surface area contributed by atoms with Crippen LogP contribution in [0.1, 0.15) is 45.7 Å². The summed E-state index contributed by atoms with van der Waals surface area (Å²) in [5.41, 5.74) is 1.10. The lowest BCUT2D eigenvalue weighted by Gasteiger charge is -2.21. The van der Waals surface area contributed by atoms with Crippen LogP contribution in [0.25, 0.3) is 0 Å². The fourth-order valence-electron chi connectivity index (χ4n) is 1.98. The van der Waals surface area contributed by atoms with E-state index < -0.39 is 0 Å². The van der Waals surface area contributed by atoms with Crippen LogP contribution in [-0.2, 0) is 4.74 Å². The third-order valence-electron chi connectivity index (χ3n) is 2.93. The SMILES string of the molecule is CCC(NC)c1ccccc1OCCOC(C)(C)C. The number of para-hydroxylation sites is 1. The van der Waals surface area contributed by atoms with E-state index in [0.717, 1.165) is 12.2 Å². The van der Waals surface area contributed by atoms with Crippen LogP contribution in [0, 0.1) is 0 Å². The van der Waals surface area contributed by atoms with Gasteiger partial charge in [-0.3, -0.25) is 0 Å². The van der Waals surface area contributed by atoms with Crippen molar-refractivity contribution in [3.05, 3.63) is 29.8 Å². The van der Waals surface area contributed by atoms with Crippen LogP contribution >= 0.6 is 0 Å². The largest absolute Gasteiger partial charge is 0.491 e. The minimum Gasteiger partial charge on any atom is -0.491 e. The van der Waals surface area contributed by atoms with E-state index in [1.165, 1.54) is 5.56 Å². The molecule has 3 heteroatoms. The van der Waals surface area contributed by atoms with Gasteiger partial charge in [-0.1, -0.05) is 25.1 Å². The number of hydrogen-bond acceptors (Lipinski definition) is 3. The smallest absolute Gasteiger partial charge is 0.124 e. The Labute approximate surface area is 117 Å². The van der Waals surface area contributed by atoms with Gasteiger partial charge in [0.25, 0.3) is 0 Å². The zero-order valence-corrected chi connectivity index (χ0v) is 12.8. The standard InChI is InChI=1S/C16H27NO2/c1-6-14(17-5)13-9-7-8-10-15(13)18-11-12-19-16(2,3)4/h7-10,14,17H,6,11-12H2,1-5H3. The Balaban J connectivity index is 2.58. The van der Waals surface area contributed by atoms with Gasteiger partial charge in [-0.05, 0) is 40.3 Å². The van der Waals surface area contributed by atoms with Crippen LogP contribution in [0.4, 0.5) is 0 Å². The van der Waals surface area contributed by atoms with Gasteiger partial charge in [-0.2, -0.15) is 0 Å². The van der Waals surface area contributed by atoms with Crippen molar-refractivity contribution in [3.8, 4) is 5.75 Å². The number of ether oxygens (including phenoxy) is 2. The zero-order valence-electron chi connectivity index (χ0n) is 12.8. The summed E-state index contributed by atoms with van der Waals surface area (Å²) in [4.78, 5) is 0. The van der Waals surface area contributed by atoms with Crippen LogP contribution in [0.3, 0.4) is 0 Å². The summed E-state index contributed by atoms with van der Waals surface area (Å²) in [5, 5.41) is 3.31. The Bertz CT molecular complexity index is 367. The summed E-state index contributed by atoms with van der Waals surface area (Å²) < 4.78 is 11.5. The molecule has 0 aliphatic heterocycles. The van der Waals surface area contributed by atoms with Crippen molar-refractivity contribution in [1.82, 2.24) is 5.32 Å². The van der Waals surface area contributed by atoms with Crippen LogP contribution in [0.15, 0.2) is 24.3 Å². The van der Waals surface area contributed by atoms with Crippen LogP contribution in [0.5, 0.6) is 5.75 Å². The third kappa shape index (κ3) is 5.62. The normalized spacial score (nSPS) is 13.3. The predicted molar refractivity (Wildman–Crippen MR) is 79.7 cm³/mol. The van der Waals surface area contributed by atoms with Crippen molar-refractivity contribution < 1.29 is 9.47 Å². The molecule has 0 aliphatic carbocycles. The summed E-state index contributed by atoms with van der Waals surface area (Å²) in [7, 11) is 1.98. The van der Waals surface area contributed by atoms with E-state index in [-0.39, 0.29) is 5.60 Å². The molecule has 0 saturated heterocycles. The molecule has 1 atom stereocenters. The maximum absolute atomic E-state index is 5.85. The van der Waals surface area contributed by atoms with Gasteiger partial charge in [0.1, 0.15) is 12.4 Å². The highest BCUT2D eigenvalue weighted by Gasteiger charge is 2.13. The molecule has 0 spiro atoms. The highest BCUT2D eigenvalue weighted by molar-refractivity contribution is 5.35. The summed E-state index contributed by atoms with van der Waals surface area (Å²) in [6.45, 7) is 9.50. The number of hydrogen-bond donors (Lipinski definition) is 1. The molecule has 1 rings (SSSR count). The fourth-order valence-corrected chi connectivity index (χ4v) is 1.98. The lowest BCUT2D eigenvalue weighted by Crippen LogP contribution is -2.23. The molecule has 0 aliphatic rings. The second-order valence-corrected chi connectivity index (χ2v) is 5.60. The zero-order chi connectivity index (χ0) is 14.3. The van der Waals surface area contributed by atoms with Gasteiger partial charge < -0.3 is 14.8 Å². The molecule has 3 nitrogen and oxygen atoms in total. The first-order valence-electron chi connectivity index (χ1n) is 7.01. The Kier molecular flexibility index (Phi) is 6.32. The number of benzene rings is 1. The average molecular weight is 265 g/mol. The van der Waals surface area contributed by atoms with E-state index >= 15 is 0 Å². The minimum atomic E-state index is -0.111. The molecule has 0 radical (unpaired) electrons. The Morgan fingerprint density at radius 1 is 1.16 bits per heavy atom. The van der Waals surface area contributed by atoms with Gasteiger partial charge in [-0.25, -0.2) is 0 Å². The van der Waals surface area contributed by atoms with Crippen LogP contribution in [0.2, 0.25) is 0 Å². The number of nitrogens with one attached hydrogen (secondary N) is 1. The summed E-state index contributed by atoms with van der Waals surface area (Å²) >= 11 is 0. The second-order valence-electron chi connectivity index (χ2n) is 5.60. The summed E-state index contributed by atoms with van der Waals surface area (Å²) in [6.07, 6.45) is 1.04. The molecule has 1 N–H and O–H groups in total. The molecule has 0 amide bonds. The molecule has 108 valence electrons. The van der Waals surface area contributed by atoms with Crippen molar-refractivity contribution in [1.29, 1.82) is 0 Å². The predicted octanol–water partition coefficient (Wildman–Crippen LogP) is 3.55. The summed E-state index contributed by atoms with van der Waals surface area (Å²) in [6, 6.07) is 8.52. The van der Waals surface area contributed by atoms with E-state index in [9.17, 15) is 0 Å². The van der Waals surface area contributed by atoms with Gasteiger partial charge in [0.15, 0.2) is 0 Å². The van der Waals surface area contributed by atoms with E-state index in [1.807, 2.05) is 25.2 Å².